The van der Waals surface area contributed by atoms with Gasteiger partial charge in [-0.15, -0.1) is 0 Å². The number of hydrogen-bond acceptors (Lipinski definition) is 3. The SMILES string of the molecule is CCN1CCN(c2ccc(N)c(-c3ccccc3)c2)CC1. The maximum Gasteiger partial charge on any atom is 0.0395 e. The predicted molar refractivity (Wildman–Crippen MR) is 90.6 cm³/mol. The summed E-state index contributed by atoms with van der Waals surface area (Å²) < 4.78 is 0. The van der Waals surface area contributed by atoms with Gasteiger partial charge in [-0.2, -0.15) is 0 Å². The molecule has 3 nitrogen and oxygen atoms in total. The average Bonchev–Trinajstić information content (AvgIpc) is 2.56. The molecule has 2 aromatic carbocycles. The van der Waals surface area contributed by atoms with Crippen LogP contribution in [0.5, 0.6) is 0 Å². The number of likely N-dealkylation sites (N-methyl/N-ethyl adjacent to an activating group) is 1. The Morgan fingerprint density at radius 3 is 2.33 bits per heavy atom. The van der Waals surface area contributed by atoms with Crippen molar-refractivity contribution in [1.82, 2.24) is 4.90 Å². The summed E-state index contributed by atoms with van der Waals surface area (Å²) in [6.45, 7) is 7.83. The lowest BCUT2D eigenvalue weighted by atomic mass is 10.0. The zero-order chi connectivity index (χ0) is 14.7. The fourth-order valence-corrected chi connectivity index (χ4v) is 2.93. The van der Waals surface area contributed by atoms with E-state index in [9.17, 15) is 0 Å². The number of nitrogen functional groups attached to an aromatic ring is 1. The van der Waals surface area contributed by atoms with Gasteiger partial charge >= 0.3 is 0 Å². The fraction of sp³-hybridized carbons (Fsp3) is 0.333. The number of piperazine rings is 1. The first-order valence-corrected chi connectivity index (χ1v) is 7.70. The zero-order valence-corrected chi connectivity index (χ0v) is 12.6. The number of rotatable bonds is 3. The third-order valence-corrected chi connectivity index (χ3v) is 4.31. The molecule has 0 radical (unpaired) electrons. The molecular formula is C18H23N3. The van der Waals surface area contributed by atoms with Gasteiger partial charge in [0.25, 0.3) is 0 Å². The van der Waals surface area contributed by atoms with E-state index in [4.69, 9.17) is 5.73 Å². The summed E-state index contributed by atoms with van der Waals surface area (Å²) >= 11 is 0. The smallest absolute Gasteiger partial charge is 0.0395 e. The Morgan fingerprint density at radius 1 is 0.952 bits per heavy atom. The van der Waals surface area contributed by atoms with Gasteiger partial charge in [-0.1, -0.05) is 37.3 Å². The van der Waals surface area contributed by atoms with Crippen LogP contribution in [0.4, 0.5) is 11.4 Å². The van der Waals surface area contributed by atoms with E-state index in [1.165, 1.54) is 11.3 Å². The molecular weight excluding hydrogens is 258 g/mol. The molecule has 110 valence electrons. The quantitative estimate of drug-likeness (QED) is 0.878. The van der Waals surface area contributed by atoms with E-state index in [-0.39, 0.29) is 0 Å². The topological polar surface area (TPSA) is 32.5 Å². The summed E-state index contributed by atoms with van der Waals surface area (Å²) in [7, 11) is 0. The highest BCUT2D eigenvalue weighted by Crippen LogP contribution is 2.30. The highest BCUT2D eigenvalue weighted by Gasteiger charge is 2.16. The van der Waals surface area contributed by atoms with Gasteiger partial charge in [-0.25, -0.2) is 0 Å². The van der Waals surface area contributed by atoms with Gasteiger partial charge in [0.2, 0.25) is 0 Å². The molecule has 1 heterocycles. The van der Waals surface area contributed by atoms with E-state index >= 15 is 0 Å². The number of nitrogens with zero attached hydrogens (tertiary/aromatic N) is 2. The van der Waals surface area contributed by atoms with E-state index in [2.05, 4.69) is 53.1 Å². The molecule has 0 spiro atoms. The first kappa shape index (κ1) is 14.0. The van der Waals surface area contributed by atoms with Gasteiger partial charge in [-0.05, 0) is 30.3 Å². The minimum Gasteiger partial charge on any atom is -0.398 e. The molecule has 1 fully saturated rings. The Kier molecular flexibility index (Phi) is 4.11. The van der Waals surface area contributed by atoms with Gasteiger partial charge in [-0.3, -0.25) is 0 Å². The van der Waals surface area contributed by atoms with Crippen LogP contribution < -0.4 is 10.6 Å². The van der Waals surface area contributed by atoms with E-state index in [1.54, 1.807) is 0 Å². The van der Waals surface area contributed by atoms with Crippen LogP contribution in [0.2, 0.25) is 0 Å². The summed E-state index contributed by atoms with van der Waals surface area (Å²) in [5.41, 5.74) is 10.6. The van der Waals surface area contributed by atoms with Crippen molar-refractivity contribution >= 4 is 11.4 Å². The second kappa shape index (κ2) is 6.19. The van der Waals surface area contributed by atoms with Crippen LogP contribution in [0.25, 0.3) is 11.1 Å². The van der Waals surface area contributed by atoms with Crippen molar-refractivity contribution in [2.75, 3.05) is 43.4 Å². The van der Waals surface area contributed by atoms with Crippen molar-refractivity contribution in [3.63, 3.8) is 0 Å². The second-order valence-corrected chi connectivity index (χ2v) is 5.56. The Morgan fingerprint density at radius 2 is 1.67 bits per heavy atom. The first-order valence-electron chi connectivity index (χ1n) is 7.70. The summed E-state index contributed by atoms with van der Waals surface area (Å²) in [5, 5.41) is 0. The molecule has 0 bridgehead atoms. The Bertz CT molecular complexity index is 587. The zero-order valence-electron chi connectivity index (χ0n) is 12.6. The lowest BCUT2D eigenvalue weighted by Gasteiger charge is -2.35. The maximum atomic E-state index is 6.17. The summed E-state index contributed by atoms with van der Waals surface area (Å²) in [6.07, 6.45) is 0. The monoisotopic (exact) mass is 281 g/mol. The largest absolute Gasteiger partial charge is 0.398 e. The lowest BCUT2D eigenvalue weighted by Crippen LogP contribution is -2.46. The molecule has 1 saturated heterocycles. The van der Waals surface area contributed by atoms with Crippen LogP contribution in [0, 0.1) is 0 Å². The number of anilines is 2. The van der Waals surface area contributed by atoms with Gasteiger partial charge < -0.3 is 15.5 Å². The molecule has 2 aromatic rings. The minimum atomic E-state index is 0.845. The molecule has 2 N–H and O–H groups in total. The molecule has 0 unspecified atom stereocenters. The normalized spacial score (nSPS) is 16.1. The van der Waals surface area contributed by atoms with Gasteiger partial charge in [0.15, 0.2) is 0 Å². The first-order chi connectivity index (χ1) is 10.3. The van der Waals surface area contributed by atoms with Crippen molar-refractivity contribution < 1.29 is 0 Å². The van der Waals surface area contributed by atoms with Gasteiger partial charge in [0.05, 0.1) is 0 Å². The molecule has 0 aromatic heterocycles. The number of nitrogens with two attached hydrogens (primary N) is 1. The minimum absolute atomic E-state index is 0.845. The third-order valence-electron chi connectivity index (χ3n) is 4.31. The third kappa shape index (κ3) is 3.03. The lowest BCUT2D eigenvalue weighted by molar-refractivity contribution is 0.271. The Hall–Kier alpha value is -2.00. The van der Waals surface area contributed by atoms with E-state index in [0.717, 1.165) is 44.0 Å². The van der Waals surface area contributed by atoms with Gasteiger partial charge in [0.1, 0.15) is 0 Å². The number of benzene rings is 2. The highest BCUT2D eigenvalue weighted by atomic mass is 15.3. The highest BCUT2D eigenvalue weighted by molar-refractivity contribution is 5.79. The predicted octanol–water partition coefficient (Wildman–Crippen LogP) is 3.08. The van der Waals surface area contributed by atoms with E-state index in [1.807, 2.05) is 12.1 Å². The van der Waals surface area contributed by atoms with Crippen LogP contribution in [-0.4, -0.2) is 37.6 Å². The van der Waals surface area contributed by atoms with Crippen molar-refractivity contribution in [2.45, 2.75) is 6.92 Å². The van der Waals surface area contributed by atoms with Gasteiger partial charge in [0, 0.05) is 43.1 Å². The second-order valence-electron chi connectivity index (χ2n) is 5.56. The van der Waals surface area contributed by atoms with Crippen molar-refractivity contribution in [1.29, 1.82) is 0 Å². The molecule has 0 atom stereocenters. The van der Waals surface area contributed by atoms with Crippen LogP contribution in [0.3, 0.4) is 0 Å². The fourth-order valence-electron chi connectivity index (χ4n) is 2.93. The Labute approximate surface area is 127 Å². The van der Waals surface area contributed by atoms with Crippen LogP contribution in [0.15, 0.2) is 48.5 Å². The van der Waals surface area contributed by atoms with E-state index < -0.39 is 0 Å². The molecule has 0 aliphatic carbocycles. The molecule has 21 heavy (non-hydrogen) atoms. The number of hydrogen-bond donors (Lipinski definition) is 1. The summed E-state index contributed by atoms with van der Waals surface area (Å²) in [5.74, 6) is 0. The summed E-state index contributed by atoms with van der Waals surface area (Å²) in [4.78, 5) is 4.95. The van der Waals surface area contributed by atoms with Crippen molar-refractivity contribution in [2.24, 2.45) is 0 Å². The average molecular weight is 281 g/mol. The van der Waals surface area contributed by atoms with E-state index in [0.29, 0.717) is 0 Å². The van der Waals surface area contributed by atoms with Crippen LogP contribution in [-0.2, 0) is 0 Å². The standard InChI is InChI=1S/C18H23N3/c1-2-20-10-12-21(13-11-20)16-8-9-18(19)17(14-16)15-6-4-3-5-7-15/h3-9,14H,2,10-13,19H2,1H3. The molecule has 0 amide bonds. The van der Waals surface area contributed by atoms with Crippen LogP contribution >= 0.6 is 0 Å². The van der Waals surface area contributed by atoms with Crippen LogP contribution in [0.1, 0.15) is 6.92 Å². The summed E-state index contributed by atoms with van der Waals surface area (Å²) in [6, 6.07) is 16.8. The molecule has 3 heteroatoms. The molecule has 3 rings (SSSR count). The maximum absolute atomic E-state index is 6.17. The molecule has 1 aliphatic heterocycles. The molecule has 1 aliphatic rings. The Balaban J connectivity index is 1.85. The molecule has 0 saturated carbocycles. The van der Waals surface area contributed by atoms with Crippen molar-refractivity contribution in [3.05, 3.63) is 48.5 Å². The van der Waals surface area contributed by atoms with Crippen molar-refractivity contribution in [3.8, 4) is 11.1 Å².